The molecule has 1 saturated heterocycles. The summed E-state index contributed by atoms with van der Waals surface area (Å²) in [5, 5.41) is 12.0. The molecule has 1 aliphatic rings. The van der Waals surface area contributed by atoms with Crippen molar-refractivity contribution in [2.45, 2.75) is 37.5 Å². The van der Waals surface area contributed by atoms with E-state index >= 15 is 0 Å². The number of hydrogen-bond donors (Lipinski definition) is 2. The highest BCUT2D eigenvalue weighted by Gasteiger charge is 2.34. The van der Waals surface area contributed by atoms with Gasteiger partial charge in [-0.25, -0.2) is 0 Å². The number of likely N-dealkylation sites (tertiary alicyclic amines) is 1. The van der Waals surface area contributed by atoms with Gasteiger partial charge >= 0.3 is 5.97 Å². The maximum atomic E-state index is 11.2. The fourth-order valence-corrected chi connectivity index (χ4v) is 2.45. The van der Waals surface area contributed by atoms with Crippen LogP contribution in [0, 0.1) is 0 Å². The van der Waals surface area contributed by atoms with Gasteiger partial charge in [0.25, 0.3) is 0 Å². The van der Waals surface area contributed by atoms with E-state index in [0.29, 0.717) is 6.42 Å². The first-order chi connectivity index (χ1) is 8.96. The van der Waals surface area contributed by atoms with E-state index in [1.54, 1.807) is 28.2 Å². The van der Waals surface area contributed by atoms with Crippen LogP contribution in [0.2, 0.25) is 0 Å². The summed E-state index contributed by atoms with van der Waals surface area (Å²) in [4.78, 5) is 13.4. The minimum absolute atomic E-state index is 0.111. The zero-order valence-corrected chi connectivity index (χ0v) is 12.3. The second-order valence-electron chi connectivity index (χ2n) is 5.30. The van der Waals surface area contributed by atoms with Crippen LogP contribution in [0.1, 0.15) is 19.8 Å². The molecule has 112 valence electrons. The zero-order chi connectivity index (χ0) is 14.5. The Kier molecular flexibility index (Phi) is 6.19. The van der Waals surface area contributed by atoms with Gasteiger partial charge in [-0.05, 0) is 33.4 Å². The Labute approximate surface area is 115 Å². The van der Waals surface area contributed by atoms with Crippen LogP contribution in [0.15, 0.2) is 0 Å². The van der Waals surface area contributed by atoms with Gasteiger partial charge in [-0.3, -0.25) is 9.69 Å². The van der Waals surface area contributed by atoms with Crippen LogP contribution in [0.3, 0.4) is 0 Å². The summed E-state index contributed by atoms with van der Waals surface area (Å²) in [5.41, 5.74) is -0.846. The Morgan fingerprint density at radius 3 is 2.26 bits per heavy atom. The smallest absolute Gasteiger partial charge is 0.323 e. The Bertz CT molecular complexity index is 288. The van der Waals surface area contributed by atoms with E-state index in [1.165, 1.54) is 0 Å². The molecule has 6 heteroatoms. The molecule has 19 heavy (non-hydrogen) atoms. The molecule has 3 atom stereocenters. The third kappa shape index (κ3) is 4.14. The fraction of sp³-hybridized carbons (Fsp3) is 0.923. The van der Waals surface area contributed by atoms with Crippen molar-refractivity contribution >= 4 is 5.97 Å². The quantitative estimate of drug-likeness (QED) is 0.658. The number of nitrogens with zero attached hydrogens (tertiary/aromatic N) is 1. The summed E-state index contributed by atoms with van der Waals surface area (Å²) < 4.78 is 10.8. The molecule has 1 aliphatic heterocycles. The summed E-state index contributed by atoms with van der Waals surface area (Å²) in [5.74, 6) is -0.805. The molecule has 6 nitrogen and oxygen atoms in total. The molecule has 1 fully saturated rings. The molecule has 0 amide bonds. The predicted molar refractivity (Wildman–Crippen MR) is 72.4 cm³/mol. The molecule has 1 heterocycles. The molecular weight excluding hydrogens is 248 g/mol. The van der Waals surface area contributed by atoms with Crippen molar-refractivity contribution in [2.75, 3.05) is 40.9 Å². The van der Waals surface area contributed by atoms with Crippen LogP contribution in [0.5, 0.6) is 0 Å². The van der Waals surface area contributed by atoms with Crippen LogP contribution in [0.25, 0.3) is 0 Å². The van der Waals surface area contributed by atoms with Gasteiger partial charge in [0.15, 0.2) is 0 Å². The molecule has 0 aliphatic carbocycles. The molecule has 0 spiro atoms. The van der Waals surface area contributed by atoms with Crippen LogP contribution in [-0.2, 0) is 14.3 Å². The van der Waals surface area contributed by atoms with E-state index in [4.69, 9.17) is 14.6 Å². The van der Waals surface area contributed by atoms with Gasteiger partial charge in [0.05, 0.1) is 12.2 Å². The van der Waals surface area contributed by atoms with E-state index in [9.17, 15) is 4.79 Å². The second kappa shape index (κ2) is 7.19. The minimum Gasteiger partial charge on any atom is -0.480 e. The number of nitrogens with one attached hydrogen (secondary N) is 1. The fourth-order valence-electron chi connectivity index (χ4n) is 2.45. The normalized spacial score (nSPS) is 27.4. The number of aliphatic carboxylic acids is 1. The Hall–Kier alpha value is -0.690. The van der Waals surface area contributed by atoms with Crippen molar-refractivity contribution in [1.82, 2.24) is 10.2 Å². The molecule has 0 aromatic rings. The van der Waals surface area contributed by atoms with Crippen molar-refractivity contribution in [3.63, 3.8) is 0 Å². The molecule has 3 unspecified atom stereocenters. The molecular formula is C13H26N2O4. The third-order valence-corrected chi connectivity index (χ3v) is 4.07. The van der Waals surface area contributed by atoms with Gasteiger partial charge in [-0.1, -0.05) is 0 Å². The lowest BCUT2D eigenvalue weighted by Crippen LogP contribution is -2.47. The highest BCUT2D eigenvalue weighted by Crippen LogP contribution is 2.18. The van der Waals surface area contributed by atoms with E-state index in [1.807, 2.05) is 0 Å². The van der Waals surface area contributed by atoms with Crippen molar-refractivity contribution in [3.8, 4) is 0 Å². The first kappa shape index (κ1) is 16.4. The Morgan fingerprint density at radius 2 is 1.89 bits per heavy atom. The monoisotopic (exact) mass is 274 g/mol. The SMILES string of the molecule is CNC(C)(CCCN1CC(OC)C(OC)C1)C(=O)O. The van der Waals surface area contributed by atoms with Gasteiger partial charge in [-0.15, -0.1) is 0 Å². The van der Waals surface area contributed by atoms with Crippen molar-refractivity contribution in [3.05, 3.63) is 0 Å². The number of carboxylic acid groups (broad SMARTS) is 1. The molecule has 0 aromatic heterocycles. The largest absolute Gasteiger partial charge is 0.480 e. The van der Waals surface area contributed by atoms with E-state index in [0.717, 1.165) is 26.1 Å². The lowest BCUT2D eigenvalue weighted by molar-refractivity contribution is -0.144. The minimum atomic E-state index is -0.846. The summed E-state index contributed by atoms with van der Waals surface area (Å²) in [6.45, 7) is 4.27. The van der Waals surface area contributed by atoms with Crippen LogP contribution in [-0.4, -0.2) is 74.6 Å². The van der Waals surface area contributed by atoms with E-state index < -0.39 is 11.5 Å². The van der Waals surface area contributed by atoms with Crippen molar-refractivity contribution < 1.29 is 19.4 Å². The third-order valence-electron chi connectivity index (χ3n) is 4.07. The number of carboxylic acids is 1. The summed E-state index contributed by atoms with van der Waals surface area (Å²) in [6.07, 6.45) is 1.65. The molecule has 0 radical (unpaired) electrons. The standard InChI is InChI=1S/C13H26N2O4/c1-13(14-2,12(16)17)6-5-7-15-8-10(18-3)11(9-15)19-4/h10-11,14H,5-9H2,1-4H3,(H,16,17). The van der Waals surface area contributed by atoms with Gasteiger partial charge in [0.2, 0.25) is 0 Å². The summed E-state index contributed by atoms with van der Waals surface area (Å²) in [6, 6.07) is 0. The number of carbonyl (C=O) groups is 1. The molecule has 1 rings (SSSR count). The van der Waals surface area contributed by atoms with Crippen LogP contribution in [0.4, 0.5) is 0 Å². The van der Waals surface area contributed by atoms with Crippen LogP contribution >= 0.6 is 0 Å². The predicted octanol–water partition coefficient (Wildman–Crippen LogP) is 0.175. The number of methoxy groups -OCH3 is 2. The molecule has 0 bridgehead atoms. The summed E-state index contributed by atoms with van der Waals surface area (Å²) in [7, 11) is 5.08. The Morgan fingerprint density at radius 1 is 1.37 bits per heavy atom. The zero-order valence-electron chi connectivity index (χ0n) is 12.3. The maximum absolute atomic E-state index is 11.2. The van der Waals surface area contributed by atoms with Crippen LogP contribution < -0.4 is 5.32 Å². The second-order valence-corrected chi connectivity index (χ2v) is 5.30. The highest BCUT2D eigenvalue weighted by molar-refractivity contribution is 5.78. The van der Waals surface area contributed by atoms with Gasteiger partial charge in [0, 0.05) is 27.3 Å². The molecule has 0 aromatic carbocycles. The molecule has 2 N–H and O–H groups in total. The lowest BCUT2D eigenvalue weighted by Gasteiger charge is -2.25. The number of hydrogen-bond acceptors (Lipinski definition) is 5. The number of rotatable bonds is 8. The lowest BCUT2D eigenvalue weighted by atomic mass is 9.96. The van der Waals surface area contributed by atoms with Gasteiger partial charge in [-0.2, -0.15) is 0 Å². The Balaban J connectivity index is 2.36. The maximum Gasteiger partial charge on any atom is 0.323 e. The van der Waals surface area contributed by atoms with Gasteiger partial charge < -0.3 is 19.9 Å². The average Bonchev–Trinajstić information content (AvgIpc) is 2.80. The first-order valence-electron chi connectivity index (χ1n) is 6.67. The summed E-state index contributed by atoms with van der Waals surface area (Å²) >= 11 is 0. The topological polar surface area (TPSA) is 71.0 Å². The van der Waals surface area contributed by atoms with E-state index in [-0.39, 0.29) is 12.2 Å². The van der Waals surface area contributed by atoms with Crippen molar-refractivity contribution in [2.24, 2.45) is 0 Å². The van der Waals surface area contributed by atoms with Gasteiger partial charge in [0.1, 0.15) is 5.54 Å². The number of ether oxygens (including phenoxy) is 2. The molecule has 0 saturated carbocycles. The average molecular weight is 274 g/mol. The van der Waals surface area contributed by atoms with E-state index in [2.05, 4.69) is 10.2 Å². The van der Waals surface area contributed by atoms with Crippen molar-refractivity contribution in [1.29, 1.82) is 0 Å². The number of likely N-dealkylation sites (N-methyl/N-ethyl adjacent to an activating group) is 1. The highest BCUT2D eigenvalue weighted by atomic mass is 16.5. The first-order valence-corrected chi connectivity index (χ1v) is 6.67.